The van der Waals surface area contributed by atoms with Crippen LogP contribution in [0.2, 0.25) is 0 Å². The maximum Gasteiger partial charge on any atom is 0.0574 e. The number of halogens is 1. The van der Waals surface area contributed by atoms with E-state index in [1.54, 1.807) is 0 Å². The summed E-state index contributed by atoms with van der Waals surface area (Å²) >= 11 is 3.47. The Morgan fingerprint density at radius 2 is 1.68 bits per heavy atom. The summed E-state index contributed by atoms with van der Waals surface area (Å²) < 4.78 is 1.10. The highest BCUT2D eigenvalue weighted by molar-refractivity contribution is 9.10. The second-order valence-electron chi connectivity index (χ2n) is 5.33. The molecule has 19 heavy (non-hydrogen) atoms. The van der Waals surface area contributed by atoms with Crippen LogP contribution >= 0.6 is 15.9 Å². The molecule has 0 unspecified atom stereocenters. The quantitative estimate of drug-likeness (QED) is 0.819. The summed E-state index contributed by atoms with van der Waals surface area (Å²) in [6, 6.07) is 16.3. The van der Waals surface area contributed by atoms with Crippen molar-refractivity contribution in [2.24, 2.45) is 0 Å². The molecule has 0 aliphatic carbocycles. The number of hydrogen-bond donors (Lipinski definition) is 2. The minimum absolute atomic E-state index is 0.0446. The van der Waals surface area contributed by atoms with Gasteiger partial charge in [0.2, 0.25) is 0 Å². The summed E-state index contributed by atoms with van der Waals surface area (Å²) in [5.74, 6) is 0. The molecule has 3 heteroatoms. The maximum atomic E-state index is 5.94. The summed E-state index contributed by atoms with van der Waals surface area (Å²) in [5.41, 5.74) is 9.07. The highest BCUT2D eigenvalue weighted by atomic mass is 79.9. The van der Waals surface area contributed by atoms with Crippen molar-refractivity contribution in [2.45, 2.75) is 19.3 Å². The number of anilines is 2. The van der Waals surface area contributed by atoms with Crippen LogP contribution in [0.1, 0.15) is 19.4 Å². The van der Waals surface area contributed by atoms with Gasteiger partial charge in [0.25, 0.3) is 0 Å². The van der Waals surface area contributed by atoms with Crippen LogP contribution in [0.3, 0.4) is 0 Å². The Labute approximate surface area is 123 Å². The molecular formula is C16H19BrN2. The zero-order valence-electron chi connectivity index (χ0n) is 11.3. The van der Waals surface area contributed by atoms with Crippen LogP contribution in [0.25, 0.3) is 0 Å². The highest BCUT2D eigenvalue weighted by Crippen LogP contribution is 2.26. The molecule has 0 aromatic heterocycles. The molecule has 0 amide bonds. The third-order valence-corrected chi connectivity index (χ3v) is 3.84. The first kappa shape index (κ1) is 13.9. The van der Waals surface area contributed by atoms with E-state index in [1.165, 1.54) is 5.56 Å². The Balaban J connectivity index is 2.09. The number of hydrogen-bond acceptors (Lipinski definition) is 2. The molecular weight excluding hydrogens is 300 g/mol. The predicted molar refractivity (Wildman–Crippen MR) is 86.5 cm³/mol. The lowest BCUT2D eigenvalue weighted by molar-refractivity contribution is 0.557. The van der Waals surface area contributed by atoms with Crippen LogP contribution in [0.4, 0.5) is 11.4 Å². The zero-order chi connectivity index (χ0) is 13.9. The first-order valence-corrected chi connectivity index (χ1v) is 7.13. The number of nitrogens with two attached hydrogens (primary N) is 1. The number of benzene rings is 2. The smallest absolute Gasteiger partial charge is 0.0574 e. The molecule has 2 rings (SSSR count). The molecule has 2 aromatic rings. The minimum atomic E-state index is 0.0446. The van der Waals surface area contributed by atoms with Gasteiger partial charge in [0.05, 0.1) is 11.4 Å². The van der Waals surface area contributed by atoms with Crippen molar-refractivity contribution in [1.82, 2.24) is 0 Å². The second-order valence-corrected chi connectivity index (χ2v) is 6.25. The lowest BCUT2D eigenvalue weighted by Crippen LogP contribution is -2.27. The van der Waals surface area contributed by atoms with Gasteiger partial charge in [0.15, 0.2) is 0 Å². The molecule has 0 saturated heterocycles. The molecule has 0 radical (unpaired) electrons. The van der Waals surface area contributed by atoms with Crippen LogP contribution < -0.4 is 11.1 Å². The minimum Gasteiger partial charge on any atom is -0.397 e. The van der Waals surface area contributed by atoms with Gasteiger partial charge in [-0.1, -0.05) is 54.0 Å². The summed E-state index contributed by atoms with van der Waals surface area (Å²) in [7, 11) is 0. The molecule has 0 heterocycles. The molecule has 0 aliphatic heterocycles. The van der Waals surface area contributed by atoms with Crippen LogP contribution in [-0.2, 0) is 5.41 Å². The van der Waals surface area contributed by atoms with Gasteiger partial charge in [0, 0.05) is 16.4 Å². The molecule has 2 aromatic carbocycles. The Bertz CT molecular complexity index is 547. The standard InChI is InChI=1S/C16H19BrN2/c1-16(2,12-7-9-13(17)10-8-12)11-19-15-6-4-3-5-14(15)18/h3-10,19H,11,18H2,1-2H3. The molecule has 0 saturated carbocycles. The molecule has 3 N–H and O–H groups in total. The van der Waals surface area contributed by atoms with Crippen LogP contribution in [0.15, 0.2) is 53.0 Å². The molecule has 100 valence electrons. The second kappa shape index (κ2) is 5.66. The third kappa shape index (κ3) is 3.51. The fraction of sp³-hybridized carbons (Fsp3) is 0.250. The van der Waals surface area contributed by atoms with E-state index >= 15 is 0 Å². The van der Waals surface area contributed by atoms with Gasteiger partial charge in [-0.25, -0.2) is 0 Å². The number of nitrogen functional groups attached to an aromatic ring is 1. The van der Waals surface area contributed by atoms with Crippen molar-refractivity contribution in [3.05, 3.63) is 58.6 Å². The van der Waals surface area contributed by atoms with Crippen LogP contribution in [0, 0.1) is 0 Å². The van der Waals surface area contributed by atoms with Crippen molar-refractivity contribution < 1.29 is 0 Å². The van der Waals surface area contributed by atoms with E-state index in [1.807, 2.05) is 24.3 Å². The van der Waals surface area contributed by atoms with E-state index in [0.29, 0.717) is 0 Å². The first-order valence-electron chi connectivity index (χ1n) is 6.33. The summed E-state index contributed by atoms with van der Waals surface area (Å²) in [4.78, 5) is 0. The Kier molecular flexibility index (Phi) is 4.15. The Hall–Kier alpha value is -1.48. The van der Waals surface area contributed by atoms with Gasteiger partial charge in [-0.05, 0) is 29.8 Å². The fourth-order valence-electron chi connectivity index (χ4n) is 1.98. The summed E-state index contributed by atoms with van der Waals surface area (Å²) in [6.07, 6.45) is 0. The van der Waals surface area contributed by atoms with Gasteiger partial charge in [-0.2, -0.15) is 0 Å². The van der Waals surface area contributed by atoms with Crippen LogP contribution in [-0.4, -0.2) is 6.54 Å². The third-order valence-electron chi connectivity index (χ3n) is 3.31. The maximum absolute atomic E-state index is 5.94. The Morgan fingerprint density at radius 1 is 1.05 bits per heavy atom. The van der Waals surface area contributed by atoms with E-state index in [4.69, 9.17) is 5.73 Å². The van der Waals surface area contributed by atoms with Crippen molar-refractivity contribution in [2.75, 3.05) is 17.6 Å². The molecule has 2 nitrogen and oxygen atoms in total. The summed E-state index contributed by atoms with van der Waals surface area (Å²) in [6.45, 7) is 5.29. The van der Waals surface area contributed by atoms with Gasteiger partial charge in [0.1, 0.15) is 0 Å². The lowest BCUT2D eigenvalue weighted by atomic mass is 9.84. The molecule has 0 bridgehead atoms. The molecule has 0 fully saturated rings. The van der Waals surface area contributed by atoms with E-state index in [-0.39, 0.29) is 5.41 Å². The Morgan fingerprint density at radius 3 is 2.32 bits per heavy atom. The molecule has 0 atom stereocenters. The predicted octanol–water partition coefficient (Wildman–Crippen LogP) is 4.42. The van der Waals surface area contributed by atoms with Crippen molar-refractivity contribution >= 4 is 27.3 Å². The van der Waals surface area contributed by atoms with Gasteiger partial charge < -0.3 is 11.1 Å². The highest BCUT2D eigenvalue weighted by Gasteiger charge is 2.20. The van der Waals surface area contributed by atoms with E-state index in [9.17, 15) is 0 Å². The lowest BCUT2D eigenvalue weighted by Gasteiger charge is -2.26. The molecule has 0 aliphatic rings. The first-order chi connectivity index (χ1) is 8.99. The average molecular weight is 319 g/mol. The van der Waals surface area contributed by atoms with E-state index < -0.39 is 0 Å². The molecule has 0 spiro atoms. The van der Waals surface area contributed by atoms with Crippen molar-refractivity contribution in [3.63, 3.8) is 0 Å². The summed E-state index contributed by atoms with van der Waals surface area (Å²) in [5, 5.41) is 3.43. The number of nitrogens with one attached hydrogen (secondary N) is 1. The van der Waals surface area contributed by atoms with Crippen molar-refractivity contribution in [3.8, 4) is 0 Å². The van der Waals surface area contributed by atoms with Gasteiger partial charge in [-0.3, -0.25) is 0 Å². The number of rotatable bonds is 4. The SMILES string of the molecule is CC(C)(CNc1ccccc1N)c1ccc(Br)cc1. The van der Waals surface area contributed by atoms with Crippen LogP contribution in [0.5, 0.6) is 0 Å². The largest absolute Gasteiger partial charge is 0.397 e. The van der Waals surface area contributed by atoms with E-state index in [2.05, 4.69) is 59.4 Å². The van der Waals surface area contributed by atoms with Crippen molar-refractivity contribution in [1.29, 1.82) is 0 Å². The average Bonchev–Trinajstić information content (AvgIpc) is 2.38. The fourth-order valence-corrected chi connectivity index (χ4v) is 2.24. The topological polar surface area (TPSA) is 38.0 Å². The monoisotopic (exact) mass is 318 g/mol. The number of para-hydroxylation sites is 2. The van der Waals surface area contributed by atoms with Gasteiger partial charge >= 0.3 is 0 Å². The zero-order valence-corrected chi connectivity index (χ0v) is 12.9. The van der Waals surface area contributed by atoms with Gasteiger partial charge in [-0.15, -0.1) is 0 Å². The van der Waals surface area contributed by atoms with E-state index in [0.717, 1.165) is 22.4 Å². The normalized spacial score (nSPS) is 11.3.